The summed E-state index contributed by atoms with van der Waals surface area (Å²) >= 11 is 0. The first-order valence-corrected chi connectivity index (χ1v) is 8.75. The van der Waals surface area contributed by atoms with E-state index >= 15 is 0 Å². The smallest absolute Gasteiger partial charge is 0.224 e. The molecule has 1 amide bonds. The molecule has 0 bridgehead atoms. The van der Waals surface area contributed by atoms with Gasteiger partial charge in [-0.25, -0.2) is 0 Å². The van der Waals surface area contributed by atoms with Crippen LogP contribution in [-0.2, 0) is 17.8 Å². The van der Waals surface area contributed by atoms with Crippen molar-refractivity contribution in [1.82, 2.24) is 9.78 Å². The molecule has 0 saturated carbocycles. The molecule has 6 heteroatoms. The Morgan fingerprint density at radius 2 is 1.93 bits per heavy atom. The van der Waals surface area contributed by atoms with Gasteiger partial charge in [-0.1, -0.05) is 12.1 Å². The summed E-state index contributed by atoms with van der Waals surface area (Å²) in [6, 6.07) is 15.3. The second-order valence-corrected chi connectivity index (χ2v) is 6.13. The zero-order chi connectivity index (χ0) is 19.1. The maximum Gasteiger partial charge on any atom is 0.224 e. The summed E-state index contributed by atoms with van der Waals surface area (Å²) in [5.74, 6) is 1.46. The zero-order valence-corrected chi connectivity index (χ0v) is 15.5. The van der Waals surface area contributed by atoms with Gasteiger partial charge in [0.15, 0.2) is 0 Å². The molecule has 0 unspecified atom stereocenters. The highest BCUT2D eigenvalue weighted by Crippen LogP contribution is 2.25. The number of amides is 1. The van der Waals surface area contributed by atoms with Gasteiger partial charge in [0.1, 0.15) is 11.5 Å². The highest BCUT2D eigenvalue weighted by Gasteiger charge is 2.09. The van der Waals surface area contributed by atoms with Crippen LogP contribution >= 0.6 is 0 Å². The highest BCUT2D eigenvalue weighted by molar-refractivity contribution is 5.90. The predicted octanol–water partition coefficient (Wildman–Crippen LogP) is 3.52. The third-order valence-corrected chi connectivity index (χ3v) is 4.25. The third kappa shape index (κ3) is 5.10. The Kier molecular flexibility index (Phi) is 6.10. The first-order valence-electron chi connectivity index (χ1n) is 8.75. The molecule has 1 N–H and O–H groups in total. The SMILES string of the molecule is COc1ccc(OC)c(CCC(=O)Nc2ccc(Cn3cccn3)cc2)c1. The quantitative estimate of drug-likeness (QED) is 0.663. The summed E-state index contributed by atoms with van der Waals surface area (Å²) in [4.78, 5) is 12.3. The first kappa shape index (κ1) is 18.5. The van der Waals surface area contributed by atoms with Crippen molar-refractivity contribution in [2.75, 3.05) is 19.5 Å². The maximum absolute atomic E-state index is 12.3. The van der Waals surface area contributed by atoms with Gasteiger partial charge in [-0.2, -0.15) is 5.10 Å². The van der Waals surface area contributed by atoms with Gasteiger partial charge < -0.3 is 14.8 Å². The molecule has 0 aliphatic rings. The number of rotatable bonds is 8. The molecule has 0 radical (unpaired) electrons. The van der Waals surface area contributed by atoms with E-state index in [1.54, 1.807) is 20.4 Å². The molecule has 0 aliphatic heterocycles. The van der Waals surface area contributed by atoms with Crippen LogP contribution in [0.5, 0.6) is 11.5 Å². The van der Waals surface area contributed by atoms with E-state index in [0.717, 1.165) is 28.3 Å². The average molecular weight is 365 g/mol. The van der Waals surface area contributed by atoms with Crippen LogP contribution in [0, 0.1) is 0 Å². The highest BCUT2D eigenvalue weighted by atomic mass is 16.5. The number of nitrogens with one attached hydrogen (secondary N) is 1. The Balaban J connectivity index is 1.55. The van der Waals surface area contributed by atoms with E-state index in [1.807, 2.05) is 59.4 Å². The summed E-state index contributed by atoms with van der Waals surface area (Å²) in [7, 11) is 3.24. The van der Waals surface area contributed by atoms with Crippen molar-refractivity contribution in [3.8, 4) is 11.5 Å². The lowest BCUT2D eigenvalue weighted by atomic mass is 10.1. The van der Waals surface area contributed by atoms with Crippen molar-refractivity contribution >= 4 is 11.6 Å². The number of aromatic nitrogens is 2. The maximum atomic E-state index is 12.3. The van der Waals surface area contributed by atoms with E-state index in [2.05, 4.69) is 10.4 Å². The molecule has 0 fully saturated rings. The monoisotopic (exact) mass is 365 g/mol. The molecule has 3 rings (SSSR count). The Hall–Kier alpha value is -3.28. The second-order valence-electron chi connectivity index (χ2n) is 6.13. The summed E-state index contributed by atoms with van der Waals surface area (Å²) < 4.78 is 12.5. The number of carbonyl (C=O) groups excluding carboxylic acids is 1. The van der Waals surface area contributed by atoms with Gasteiger partial charge in [0.2, 0.25) is 5.91 Å². The van der Waals surface area contributed by atoms with Gasteiger partial charge in [-0.05, 0) is 53.9 Å². The zero-order valence-electron chi connectivity index (χ0n) is 15.5. The molecule has 1 heterocycles. The topological polar surface area (TPSA) is 65.4 Å². The van der Waals surface area contributed by atoms with Crippen LogP contribution in [0.25, 0.3) is 0 Å². The molecule has 6 nitrogen and oxygen atoms in total. The van der Waals surface area contributed by atoms with Crippen LogP contribution < -0.4 is 14.8 Å². The number of benzene rings is 2. The Morgan fingerprint density at radius 3 is 2.59 bits per heavy atom. The van der Waals surface area contributed by atoms with Crippen molar-refractivity contribution < 1.29 is 14.3 Å². The molecule has 27 heavy (non-hydrogen) atoms. The second kappa shape index (κ2) is 8.89. The predicted molar refractivity (Wildman–Crippen MR) is 104 cm³/mol. The van der Waals surface area contributed by atoms with Gasteiger partial charge in [0.25, 0.3) is 0 Å². The van der Waals surface area contributed by atoms with Crippen LogP contribution in [0.15, 0.2) is 60.9 Å². The summed E-state index contributed by atoms with van der Waals surface area (Å²) in [5, 5.41) is 7.12. The fourth-order valence-corrected chi connectivity index (χ4v) is 2.82. The third-order valence-electron chi connectivity index (χ3n) is 4.25. The van der Waals surface area contributed by atoms with Crippen molar-refractivity contribution in [3.63, 3.8) is 0 Å². The minimum absolute atomic E-state index is 0.0419. The largest absolute Gasteiger partial charge is 0.497 e. The molecule has 2 aromatic carbocycles. The van der Waals surface area contributed by atoms with E-state index < -0.39 is 0 Å². The van der Waals surface area contributed by atoms with Gasteiger partial charge in [0.05, 0.1) is 20.8 Å². The van der Waals surface area contributed by atoms with E-state index in [4.69, 9.17) is 9.47 Å². The lowest BCUT2D eigenvalue weighted by Crippen LogP contribution is -2.12. The minimum Gasteiger partial charge on any atom is -0.497 e. The van der Waals surface area contributed by atoms with Gasteiger partial charge in [0, 0.05) is 24.5 Å². The van der Waals surface area contributed by atoms with Gasteiger partial charge in [-0.15, -0.1) is 0 Å². The number of ether oxygens (including phenoxy) is 2. The standard InChI is InChI=1S/C21H23N3O3/c1-26-19-9-10-20(27-2)17(14-19)6-11-21(25)23-18-7-4-16(5-8-18)15-24-13-3-12-22-24/h3-5,7-10,12-14H,6,11,15H2,1-2H3,(H,23,25). The van der Waals surface area contributed by atoms with Crippen LogP contribution in [0.4, 0.5) is 5.69 Å². The number of aryl methyl sites for hydroxylation is 1. The molecular formula is C21H23N3O3. The average Bonchev–Trinajstić information content (AvgIpc) is 3.20. The van der Waals surface area contributed by atoms with Crippen LogP contribution in [0.2, 0.25) is 0 Å². The van der Waals surface area contributed by atoms with Crippen LogP contribution in [0.1, 0.15) is 17.5 Å². The van der Waals surface area contributed by atoms with E-state index in [-0.39, 0.29) is 5.91 Å². The normalized spacial score (nSPS) is 10.4. The van der Waals surface area contributed by atoms with Gasteiger partial charge in [-0.3, -0.25) is 9.48 Å². The number of hydrogen-bond donors (Lipinski definition) is 1. The number of anilines is 1. The fourth-order valence-electron chi connectivity index (χ4n) is 2.82. The number of hydrogen-bond acceptors (Lipinski definition) is 4. The summed E-state index contributed by atoms with van der Waals surface area (Å²) in [6.07, 6.45) is 4.61. The lowest BCUT2D eigenvalue weighted by Gasteiger charge is -2.11. The van der Waals surface area contributed by atoms with E-state index in [0.29, 0.717) is 19.4 Å². The fraction of sp³-hybridized carbons (Fsp3) is 0.238. The van der Waals surface area contributed by atoms with Crippen LogP contribution in [0.3, 0.4) is 0 Å². The molecular weight excluding hydrogens is 342 g/mol. The first-order chi connectivity index (χ1) is 13.2. The van der Waals surface area contributed by atoms with E-state index in [9.17, 15) is 4.79 Å². The van der Waals surface area contributed by atoms with Gasteiger partial charge >= 0.3 is 0 Å². The Bertz CT molecular complexity index is 874. The number of methoxy groups -OCH3 is 2. The Labute approximate surface area is 158 Å². The Morgan fingerprint density at radius 1 is 1.11 bits per heavy atom. The molecule has 140 valence electrons. The minimum atomic E-state index is -0.0419. The van der Waals surface area contributed by atoms with Crippen molar-refractivity contribution in [2.24, 2.45) is 0 Å². The summed E-state index contributed by atoms with van der Waals surface area (Å²) in [6.45, 7) is 0.705. The number of carbonyl (C=O) groups is 1. The number of nitrogens with zero attached hydrogens (tertiary/aromatic N) is 2. The summed E-state index contributed by atoms with van der Waals surface area (Å²) in [5.41, 5.74) is 2.85. The van der Waals surface area contributed by atoms with Crippen molar-refractivity contribution in [3.05, 3.63) is 72.1 Å². The molecule has 1 aromatic heterocycles. The van der Waals surface area contributed by atoms with Crippen LogP contribution in [-0.4, -0.2) is 29.9 Å². The molecule has 0 saturated heterocycles. The molecule has 0 aliphatic carbocycles. The van der Waals surface area contributed by atoms with Crippen molar-refractivity contribution in [1.29, 1.82) is 0 Å². The molecule has 0 atom stereocenters. The van der Waals surface area contributed by atoms with E-state index in [1.165, 1.54) is 0 Å². The molecule has 0 spiro atoms. The molecule has 3 aromatic rings. The lowest BCUT2D eigenvalue weighted by molar-refractivity contribution is -0.116. The van der Waals surface area contributed by atoms with Crippen molar-refractivity contribution in [2.45, 2.75) is 19.4 Å².